The van der Waals surface area contributed by atoms with Gasteiger partial charge in [-0.2, -0.15) is 0 Å². The molecule has 0 spiro atoms. The Morgan fingerprint density at radius 2 is 2.43 bits per heavy atom. The summed E-state index contributed by atoms with van der Waals surface area (Å²) in [5.41, 5.74) is 5.70. The molecule has 0 aromatic carbocycles. The van der Waals surface area contributed by atoms with Gasteiger partial charge in [0, 0.05) is 19.3 Å². The molecule has 1 aliphatic heterocycles. The van der Waals surface area contributed by atoms with E-state index in [0.29, 0.717) is 5.92 Å². The van der Waals surface area contributed by atoms with Crippen molar-refractivity contribution in [3.8, 4) is 0 Å². The van der Waals surface area contributed by atoms with E-state index in [2.05, 4.69) is 16.0 Å². The number of hydrogen-bond donors (Lipinski definition) is 1. The molecule has 0 radical (unpaired) electrons. The molecule has 1 atom stereocenters. The number of pyridine rings is 1. The summed E-state index contributed by atoms with van der Waals surface area (Å²) in [6.45, 7) is 2.98. The van der Waals surface area contributed by atoms with E-state index in [1.54, 1.807) is 0 Å². The lowest BCUT2D eigenvalue weighted by Crippen LogP contribution is -2.38. The minimum Gasteiger partial charge on any atom is -0.356 e. The lowest BCUT2D eigenvalue weighted by atomic mass is 9.98. The molecule has 2 heterocycles. The summed E-state index contributed by atoms with van der Waals surface area (Å²) < 4.78 is 0. The summed E-state index contributed by atoms with van der Waals surface area (Å²) in [7, 11) is 0. The summed E-state index contributed by atoms with van der Waals surface area (Å²) in [6.07, 6.45) is 4.35. The maximum Gasteiger partial charge on any atom is 0.128 e. The van der Waals surface area contributed by atoms with Crippen LogP contribution in [0.4, 0.5) is 5.82 Å². The molecule has 2 N–H and O–H groups in total. The second-order valence-corrected chi connectivity index (χ2v) is 3.88. The van der Waals surface area contributed by atoms with Gasteiger partial charge >= 0.3 is 0 Å². The van der Waals surface area contributed by atoms with Gasteiger partial charge in [0.2, 0.25) is 0 Å². The van der Waals surface area contributed by atoms with E-state index in [9.17, 15) is 0 Å². The predicted molar refractivity (Wildman–Crippen MR) is 58.2 cm³/mol. The quantitative estimate of drug-likeness (QED) is 0.765. The van der Waals surface area contributed by atoms with Crippen LogP contribution in [0.5, 0.6) is 0 Å². The summed E-state index contributed by atoms with van der Waals surface area (Å²) in [6, 6.07) is 6.06. The molecule has 0 saturated carbocycles. The summed E-state index contributed by atoms with van der Waals surface area (Å²) in [5.74, 6) is 1.73. The van der Waals surface area contributed by atoms with Gasteiger partial charge in [0.15, 0.2) is 0 Å². The topological polar surface area (TPSA) is 42.1 Å². The third-order valence-corrected chi connectivity index (χ3v) is 2.83. The van der Waals surface area contributed by atoms with Crippen LogP contribution < -0.4 is 10.6 Å². The Morgan fingerprint density at radius 3 is 3.14 bits per heavy atom. The molecule has 14 heavy (non-hydrogen) atoms. The van der Waals surface area contributed by atoms with Gasteiger partial charge in [-0.05, 0) is 37.4 Å². The van der Waals surface area contributed by atoms with E-state index in [1.165, 1.54) is 12.8 Å². The number of aromatic nitrogens is 1. The first kappa shape index (κ1) is 9.46. The molecule has 1 saturated heterocycles. The normalized spacial score (nSPS) is 22.4. The molecule has 0 unspecified atom stereocenters. The highest BCUT2D eigenvalue weighted by atomic mass is 15.2. The van der Waals surface area contributed by atoms with Crippen LogP contribution in [0.3, 0.4) is 0 Å². The van der Waals surface area contributed by atoms with Crippen molar-refractivity contribution >= 4 is 5.82 Å². The van der Waals surface area contributed by atoms with E-state index < -0.39 is 0 Å². The van der Waals surface area contributed by atoms with Crippen molar-refractivity contribution in [3.05, 3.63) is 24.4 Å². The smallest absolute Gasteiger partial charge is 0.128 e. The standard InChI is InChI=1S/C11H17N3/c12-8-10-4-3-7-14(9-10)11-5-1-2-6-13-11/h1-2,5-6,10H,3-4,7-9,12H2/t10-/m1/s1. The van der Waals surface area contributed by atoms with Crippen molar-refractivity contribution in [2.45, 2.75) is 12.8 Å². The van der Waals surface area contributed by atoms with Crippen molar-refractivity contribution in [2.24, 2.45) is 11.7 Å². The van der Waals surface area contributed by atoms with Gasteiger partial charge in [0.05, 0.1) is 0 Å². The molecule has 1 aliphatic rings. The monoisotopic (exact) mass is 191 g/mol. The van der Waals surface area contributed by atoms with E-state index in [0.717, 1.165) is 25.5 Å². The van der Waals surface area contributed by atoms with E-state index in [1.807, 2.05) is 18.3 Å². The first-order chi connectivity index (χ1) is 6.90. The van der Waals surface area contributed by atoms with Crippen LogP contribution in [-0.4, -0.2) is 24.6 Å². The van der Waals surface area contributed by atoms with Crippen molar-refractivity contribution in [1.29, 1.82) is 0 Å². The average Bonchev–Trinajstić information content (AvgIpc) is 2.30. The first-order valence-corrected chi connectivity index (χ1v) is 5.26. The van der Waals surface area contributed by atoms with Gasteiger partial charge in [-0.1, -0.05) is 6.07 Å². The zero-order valence-corrected chi connectivity index (χ0v) is 8.39. The molecule has 2 rings (SSSR count). The minimum absolute atomic E-state index is 0.644. The highest BCUT2D eigenvalue weighted by Gasteiger charge is 2.19. The summed E-state index contributed by atoms with van der Waals surface area (Å²) in [5, 5.41) is 0. The number of anilines is 1. The molecule has 0 aliphatic carbocycles. The van der Waals surface area contributed by atoms with Crippen LogP contribution in [0.1, 0.15) is 12.8 Å². The Morgan fingerprint density at radius 1 is 1.50 bits per heavy atom. The molecule has 0 bridgehead atoms. The van der Waals surface area contributed by atoms with Crippen molar-refractivity contribution in [3.63, 3.8) is 0 Å². The van der Waals surface area contributed by atoms with Crippen LogP contribution in [0.15, 0.2) is 24.4 Å². The number of piperidine rings is 1. The Balaban J connectivity index is 2.04. The fraction of sp³-hybridized carbons (Fsp3) is 0.545. The fourth-order valence-corrected chi connectivity index (χ4v) is 2.01. The van der Waals surface area contributed by atoms with Crippen LogP contribution in [0.2, 0.25) is 0 Å². The van der Waals surface area contributed by atoms with E-state index in [-0.39, 0.29) is 0 Å². The number of nitrogens with zero attached hydrogens (tertiary/aromatic N) is 2. The third-order valence-electron chi connectivity index (χ3n) is 2.83. The number of hydrogen-bond acceptors (Lipinski definition) is 3. The Kier molecular flexibility index (Phi) is 2.99. The van der Waals surface area contributed by atoms with Crippen molar-refractivity contribution in [1.82, 2.24) is 4.98 Å². The molecular weight excluding hydrogens is 174 g/mol. The Labute approximate surface area is 84.9 Å². The maximum atomic E-state index is 5.70. The highest BCUT2D eigenvalue weighted by Crippen LogP contribution is 2.20. The predicted octanol–water partition coefficient (Wildman–Crippen LogP) is 1.26. The van der Waals surface area contributed by atoms with Gasteiger partial charge in [-0.15, -0.1) is 0 Å². The number of nitrogens with two attached hydrogens (primary N) is 1. The second-order valence-electron chi connectivity index (χ2n) is 3.88. The van der Waals surface area contributed by atoms with Gasteiger partial charge in [0.25, 0.3) is 0 Å². The Hall–Kier alpha value is -1.09. The van der Waals surface area contributed by atoms with Gasteiger partial charge in [-0.3, -0.25) is 0 Å². The van der Waals surface area contributed by atoms with Gasteiger partial charge in [0.1, 0.15) is 5.82 Å². The lowest BCUT2D eigenvalue weighted by molar-refractivity contribution is 0.422. The average molecular weight is 191 g/mol. The maximum absolute atomic E-state index is 5.70. The molecule has 3 heteroatoms. The summed E-state index contributed by atoms with van der Waals surface area (Å²) >= 11 is 0. The van der Waals surface area contributed by atoms with Crippen LogP contribution in [0.25, 0.3) is 0 Å². The number of rotatable bonds is 2. The summed E-state index contributed by atoms with van der Waals surface area (Å²) in [4.78, 5) is 6.69. The zero-order valence-electron chi connectivity index (χ0n) is 8.39. The van der Waals surface area contributed by atoms with Gasteiger partial charge in [-0.25, -0.2) is 4.98 Å². The van der Waals surface area contributed by atoms with Crippen LogP contribution in [0, 0.1) is 5.92 Å². The minimum atomic E-state index is 0.644. The molecule has 1 fully saturated rings. The largest absolute Gasteiger partial charge is 0.356 e. The molecular formula is C11H17N3. The van der Waals surface area contributed by atoms with Crippen LogP contribution in [-0.2, 0) is 0 Å². The first-order valence-electron chi connectivity index (χ1n) is 5.26. The fourth-order valence-electron chi connectivity index (χ4n) is 2.01. The van der Waals surface area contributed by atoms with Gasteiger partial charge < -0.3 is 10.6 Å². The molecule has 0 amide bonds. The third kappa shape index (κ3) is 2.04. The molecule has 3 nitrogen and oxygen atoms in total. The van der Waals surface area contributed by atoms with E-state index in [4.69, 9.17) is 5.73 Å². The van der Waals surface area contributed by atoms with Crippen molar-refractivity contribution < 1.29 is 0 Å². The zero-order chi connectivity index (χ0) is 9.80. The molecule has 1 aromatic heterocycles. The highest BCUT2D eigenvalue weighted by molar-refractivity contribution is 5.38. The second kappa shape index (κ2) is 4.42. The SMILES string of the molecule is NC[C@H]1CCCN(c2ccccn2)C1. The van der Waals surface area contributed by atoms with Crippen molar-refractivity contribution in [2.75, 3.05) is 24.5 Å². The van der Waals surface area contributed by atoms with E-state index >= 15 is 0 Å². The molecule has 1 aromatic rings. The lowest BCUT2D eigenvalue weighted by Gasteiger charge is -2.32. The Bertz CT molecular complexity index is 273. The van der Waals surface area contributed by atoms with Crippen LogP contribution >= 0.6 is 0 Å². The molecule has 76 valence electrons.